The van der Waals surface area contributed by atoms with Gasteiger partial charge in [-0.1, -0.05) is 6.07 Å². The van der Waals surface area contributed by atoms with Crippen molar-refractivity contribution in [2.24, 2.45) is 5.73 Å². The molecular weight excluding hydrogens is 284 g/mol. The maximum absolute atomic E-state index is 9.54. The fraction of sp³-hybridized carbons (Fsp3) is 0.500. The summed E-state index contributed by atoms with van der Waals surface area (Å²) < 4.78 is 0.939. The molecule has 1 aliphatic rings. The van der Waals surface area contributed by atoms with Crippen LogP contribution in [0, 0.1) is 0 Å². The van der Waals surface area contributed by atoms with Crippen molar-refractivity contribution in [2.75, 3.05) is 18.0 Å². The molecule has 1 fully saturated rings. The van der Waals surface area contributed by atoms with E-state index in [1.165, 1.54) is 0 Å². The maximum atomic E-state index is 9.54. The lowest BCUT2D eigenvalue weighted by molar-refractivity contribution is 0.0572. The Hall–Kier alpha value is -0.620. The lowest BCUT2D eigenvalue weighted by Crippen LogP contribution is -2.22. The number of halogens is 1. The summed E-state index contributed by atoms with van der Waals surface area (Å²) in [5.74, 6) is 0. The van der Waals surface area contributed by atoms with Crippen LogP contribution >= 0.6 is 15.9 Å². The van der Waals surface area contributed by atoms with Crippen molar-refractivity contribution in [1.82, 2.24) is 0 Å². The highest BCUT2D eigenvalue weighted by Crippen LogP contribution is 2.31. The molecule has 17 heavy (non-hydrogen) atoms. The molecule has 1 saturated heterocycles. The van der Waals surface area contributed by atoms with Gasteiger partial charge >= 0.3 is 0 Å². The lowest BCUT2D eigenvalue weighted by atomic mass is 10.1. The zero-order chi connectivity index (χ0) is 12.6. The molecule has 0 aliphatic carbocycles. The molecule has 2 rings (SSSR count). The first-order chi connectivity index (χ1) is 7.99. The Kier molecular flexibility index (Phi) is 3.73. The molecule has 0 radical (unpaired) electrons. The summed E-state index contributed by atoms with van der Waals surface area (Å²) in [4.78, 5) is 1.96. The van der Waals surface area contributed by atoms with Crippen LogP contribution in [0.25, 0.3) is 0 Å². The second-order valence-electron chi connectivity index (χ2n) is 4.54. The van der Waals surface area contributed by atoms with Crippen LogP contribution in [-0.4, -0.2) is 35.5 Å². The Bertz CT molecular complexity index is 401. The van der Waals surface area contributed by atoms with Crippen LogP contribution in [0.5, 0.6) is 0 Å². The van der Waals surface area contributed by atoms with Gasteiger partial charge in [0.05, 0.1) is 17.9 Å². The summed E-state index contributed by atoms with van der Waals surface area (Å²) in [6, 6.07) is 5.92. The van der Waals surface area contributed by atoms with Crippen LogP contribution in [0.1, 0.15) is 18.5 Å². The van der Waals surface area contributed by atoms with Crippen LogP contribution in [0.2, 0.25) is 0 Å². The fourth-order valence-corrected chi connectivity index (χ4v) is 2.68. The van der Waals surface area contributed by atoms with Gasteiger partial charge in [-0.3, -0.25) is 0 Å². The van der Waals surface area contributed by atoms with Gasteiger partial charge in [-0.25, -0.2) is 0 Å². The van der Waals surface area contributed by atoms with Crippen molar-refractivity contribution < 1.29 is 10.2 Å². The molecule has 0 amide bonds. The fourth-order valence-electron chi connectivity index (χ4n) is 2.03. The molecule has 0 saturated carbocycles. The lowest BCUT2D eigenvalue weighted by Gasteiger charge is -2.20. The Balaban J connectivity index is 2.23. The average molecular weight is 301 g/mol. The van der Waals surface area contributed by atoms with E-state index in [1.54, 1.807) is 0 Å². The summed E-state index contributed by atoms with van der Waals surface area (Å²) in [6.45, 7) is 2.85. The van der Waals surface area contributed by atoms with Gasteiger partial charge in [0.15, 0.2) is 0 Å². The zero-order valence-electron chi connectivity index (χ0n) is 9.68. The van der Waals surface area contributed by atoms with Gasteiger partial charge in [0, 0.05) is 23.6 Å². The summed E-state index contributed by atoms with van der Waals surface area (Å²) in [6.07, 6.45) is -1.34. The number of rotatable bonds is 2. The molecule has 0 bridgehead atoms. The quantitative estimate of drug-likeness (QED) is 0.762. The Labute approximate surface area is 109 Å². The smallest absolute Gasteiger partial charge is 0.0990 e. The average Bonchev–Trinajstić information content (AvgIpc) is 2.58. The van der Waals surface area contributed by atoms with E-state index in [4.69, 9.17) is 5.73 Å². The molecule has 1 aromatic carbocycles. The molecule has 4 N–H and O–H groups in total. The highest BCUT2D eigenvalue weighted by atomic mass is 79.9. The summed E-state index contributed by atoms with van der Waals surface area (Å²) in [5.41, 5.74) is 7.85. The minimum Gasteiger partial charge on any atom is -0.389 e. The molecule has 2 unspecified atom stereocenters. The van der Waals surface area contributed by atoms with E-state index in [2.05, 4.69) is 15.9 Å². The van der Waals surface area contributed by atoms with Gasteiger partial charge in [-0.15, -0.1) is 0 Å². The van der Waals surface area contributed by atoms with Gasteiger partial charge in [-0.2, -0.15) is 0 Å². The minimum absolute atomic E-state index is 0.00453. The Morgan fingerprint density at radius 2 is 1.94 bits per heavy atom. The molecule has 94 valence electrons. The van der Waals surface area contributed by atoms with E-state index in [1.807, 2.05) is 30.0 Å². The molecule has 4 nitrogen and oxygen atoms in total. The molecule has 1 aromatic rings. The minimum atomic E-state index is -0.671. The van der Waals surface area contributed by atoms with E-state index >= 15 is 0 Å². The van der Waals surface area contributed by atoms with Crippen molar-refractivity contribution in [3.63, 3.8) is 0 Å². The van der Waals surface area contributed by atoms with Crippen LogP contribution in [0.4, 0.5) is 5.69 Å². The number of hydrogen-bond donors (Lipinski definition) is 3. The van der Waals surface area contributed by atoms with Gasteiger partial charge in [0.25, 0.3) is 0 Å². The highest BCUT2D eigenvalue weighted by molar-refractivity contribution is 9.10. The number of hydrogen-bond acceptors (Lipinski definition) is 4. The third-order valence-corrected chi connectivity index (χ3v) is 3.73. The number of benzene rings is 1. The van der Waals surface area contributed by atoms with Crippen molar-refractivity contribution in [3.8, 4) is 0 Å². The second kappa shape index (κ2) is 4.94. The van der Waals surface area contributed by atoms with Crippen molar-refractivity contribution >= 4 is 21.6 Å². The van der Waals surface area contributed by atoms with Gasteiger partial charge in [0.1, 0.15) is 0 Å². The third-order valence-electron chi connectivity index (χ3n) is 3.10. The number of nitrogens with zero attached hydrogens (tertiary/aromatic N) is 1. The highest BCUT2D eigenvalue weighted by Gasteiger charge is 2.30. The SMILES string of the molecule is C[C@@H](N)c1ccc(N2CC(O)C(O)C2)c(Br)c1. The molecule has 0 aromatic heterocycles. The monoisotopic (exact) mass is 300 g/mol. The topological polar surface area (TPSA) is 69.7 Å². The molecule has 1 heterocycles. The molecule has 1 aliphatic heterocycles. The first kappa shape index (κ1) is 12.8. The summed E-state index contributed by atoms with van der Waals surface area (Å²) in [7, 11) is 0. The predicted octanol–water partition coefficient (Wildman–Crippen LogP) is 1.01. The number of nitrogens with two attached hydrogens (primary N) is 1. The molecule has 5 heteroatoms. The van der Waals surface area contributed by atoms with E-state index in [-0.39, 0.29) is 6.04 Å². The van der Waals surface area contributed by atoms with Gasteiger partial charge in [-0.05, 0) is 40.5 Å². The number of aliphatic hydroxyl groups is 2. The second-order valence-corrected chi connectivity index (χ2v) is 5.39. The maximum Gasteiger partial charge on any atom is 0.0990 e. The van der Waals surface area contributed by atoms with Crippen molar-refractivity contribution in [1.29, 1.82) is 0 Å². The van der Waals surface area contributed by atoms with E-state index < -0.39 is 12.2 Å². The third kappa shape index (κ3) is 2.63. The van der Waals surface area contributed by atoms with Crippen molar-refractivity contribution in [2.45, 2.75) is 25.2 Å². The normalized spacial score (nSPS) is 26.3. The predicted molar refractivity (Wildman–Crippen MR) is 71.0 cm³/mol. The van der Waals surface area contributed by atoms with Crippen LogP contribution in [0.3, 0.4) is 0 Å². The number of anilines is 1. The van der Waals surface area contributed by atoms with E-state index in [9.17, 15) is 10.2 Å². The standard InChI is InChI=1S/C12H17BrN2O2/c1-7(14)8-2-3-10(9(13)4-8)15-5-11(16)12(17)6-15/h2-4,7,11-12,16-17H,5-6,14H2,1H3/t7-,11?,12?/m1/s1. The number of aliphatic hydroxyl groups excluding tert-OH is 2. The Morgan fingerprint density at radius 1 is 1.35 bits per heavy atom. The first-order valence-corrected chi connectivity index (χ1v) is 6.44. The van der Waals surface area contributed by atoms with E-state index in [0.717, 1.165) is 15.7 Å². The van der Waals surface area contributed by atoms with Crippen LogP contribution in [-0.2, 0) is 0 Å². The number of β-amino-alcohol motifs (C(OH)–C–C–N with tert-alkyl or cyclic N) is 2. The van der Waals surface area contributed by atoms with Gasteiger partial charge < -0.3 is 20.8 Å². The van der Waals surface area contributed by atoms with Crippen LogP contribution in [0.15, 0.2) is 22.7 Å². The van der Waals surface area contributed by atoms with E-state index in [0.29, 0.717) is 13.1 Å². The summed E-state index contributed by atoms with van der Waals surface area (Å²) in [5, 5.41) is 19.1. The zero-order valence-corrected chi connectivity index (χ0v) is 11.3. The Morgan fingerprint density at radius 3 is 2.41 bits per heavy atom. The largest absolute Gasteiger partial charge is 0.389 e. The summed E-state index contributed by atoms with van der Waals surface area (Å²) >= 11 is 3.50. The first-order valence-electron chi connectivity index (χ1n) is 5.65. The van der Waals surface area contributed by atoms with Crippen molar-refractivity contribution in [3.05, 3.63) is 28.2 Å². The van der Waals surface area contributed by atoms with Gasteiger partial charge in [0.2, 0.25) is 0 Å². The molecule has 0 spiro atoms. The molecule has 3 atom stereocenters. The van der Waals surface area contributed by atoms with Crippen LogP contribution < -0.4 is 10.6 Å². The molecular formula is C12H17BrN2O2.